The van der Waals surface area contributed by atoms with Gasteiger partial charge >= 0.3 is 0 Å². The van der Waals surface area contributed by atoms with Gasteiger partial charge in [0.2, 0.25) is 0 Å². The van der Waals surface area contributed by atoms with E-state index in [2.05, 4.69) is 34.6 Å². The van der Waals surface area contributed by atoms with Crippen LogP contribution in [0.1, 0.15) is 24.3 Å². The van der Waals surface area contributed by atoms with Crippen molar-refractivity contribution < 1.29 is 0 Å². The molecule has 0 spiro atoms. The molecule has 0 saturated carbocycles. The largest absolute Gasteiger partial charge is 0.317 e. The van der Waals surface area contributed by atoms with E-state index in [0.29, 0.717) is 5.92 Å². The van der Waals surface area contributed by atoms with Gasteiger partial charge < -0.3 is 5.32 Å². The summed E-state index contributed by atoms with van der Waals surface area (Å²) in [5.41, 5.74) is 1.48. The summed E-state index contributed by atoms with van der Waals surface area (Å²) in [6, 6.07) is 8.70. The Kier molecular flexibility index (Phi) is 5.86. The van der Waals surface area contributed by atoms with E-state index in [1.165, 1.54) is 29.2 Å². The highest BCUT2D eigenvalue weighted by molar-refractivity contribution is 5.86. The Morgan fingerprint density at radius 1 is 1.06 bits per heavy atom. The molecule has 1 fully saturated rings. The average Bonchev–Trinajstić information content (AvgIpc) is 2.39. The monoisotopic (exact) mass is 284 g/mol. The summed E-state index contributed by atoms with van der Waals surface area (Å²) in [5, 5.41) is 6.06. The van der Waals surface area contributed by atoms with E-state index in [9.17, 15) is 0 Å². The summed E-state index contributed by atoms with van der Waals surface area (Å²) in [7, 11) is 0. The molecule has 1 aromatic heterocycles. The molecular weight excluding hydrogens is 267 g/mol. The molecule has 1 N–H and O–H groups in total. The number of hydrogen-bond donors (Lipinski definition) is 1. The van der Waals surface area contributed by atoms with Crippen LogP contribution in [-0.2, 0) is 0 Å². The maximum Gasteiger partial charge on any atom is 0.0349 e. The van der Waals surface area contributed by atoms with Gasteiger partial charge in [0.05, 0.1) is 0 Å². The van der Waals surface area contributed by atoms with Crippen LogP contribution in [0.3, 0.4) is 0 Å². The van der Waals surface area contributed by atoms with E-state index in [-0.39, 0.29) is 24.8 Å². The first-order chi connectivity index (χ1) is 7.95. The topological polar surface area (TPSA) is 24.9 Å². The fourth-order valence-corrected chi connectivity index (χ4v) is 2.63. The van der Waals surface area contributed by atoms with E-state index < -0.39 is 0 Å². The Hall–Kier alpha value is -0.830. The number of aromatic nitrogens is 1. The number of hydrogen-bond acceptors (Lipinski definition) is 2. The van der Waals surface area contributed by atoms with Crippen molar-refractivity contribution in [3.63, 3.8) is 0 Å². The second-order valence-electron chi connectivity index (χ2n) is 4.47. The standard InChI is InChI=1S/C14H16N2.2ClH/c1-2-11-6-9-16-10-14(11)13(3-1)12-4-7-15-8-5-12;;/h1-3,6,9-10,12,15H,4-5,7-8H2;2*1H. The Balaban J connectivity index is 0.000000810. The van der Waals surface area contributed by atoms with Gasteiger partial charge in [-0.05, 0) is 48.9 Å². The van der Waals surface area contributed by atoms with E-state index in [1.54, 1.807) is 0 Å². The fraction of sp³-hybridized carbons (Fsp3) is 0.357. The summed E-state index contributed by atoms with van der Waals surface area (Å²) in [6.45, 7) is 2.28. The summed E-state index contributed by atoms with van der Waals surface area (Å²) in [6.07, 6.45) is 6.36. The number of fused-ring (bicyclic) bond motifs is 1. The Morgan fingerprint density at radius 2 is 1.83 bits per heavy atom. The molecule has 1 aromatic carbocycles. The molecule has 0 bridgehead atoms. The summed E-state index contributed by atoms with van der Waals surface area (Å²) >= 11 is 0. The predicted octanol–water partition coefficient (Wildman–Crippen LogP) is 3.55. The minimum atomic E-state index is 0. The van der Waals surface area contributed by atoms with Crippen molar-refractivity contribution in [2.24, 2.45) is 0 Å². The molecule has 1 saturated heterocycles. The van der Waals surface area contributed by atoms with Crippen LogP contribution in [0.5, 0.6) is 0 Å². The summed E-state index contributed by atoms with van der Waals surface area (Å²) < 4.78 is 0. The number of pyridine rings is 1. The van der Waals surface area contributed by atoms with Gasteiger partial charge in [0, 0.05) is 17.8 Å². The van der Waals surface area contributed by atoms with Gasteiger partial charge in [0.1, 0.15) is 0 Å². The average molecular weight is 285 g/mol. The molecule has 1 aliphatic rings. The van der Waals surface area contributed by atoms with Crippen molar-refractivity contribution in [1.29, 1.82) is 0 Å². The van der Waals surface area contributed by atoms with Crippen molar-refractivity contribution in [1.82, 2.24) is 10.3 Å². The maximum absolute atomic E-state index is 4.25. The predicted molar refractivity (Wildman–Crippen MR) is 81.1 cm³/mol. The highest BCUT2D eigenvalue weighted by Gasteiger charge is 2.16. The first kappa shape index (κ1) is 15.2. The lowest BCUT2D eigenvalue weighted by Crippen LogP contribution is -2.26. The number of benzene rings is 1. The number of piperidine rings is 1. The fourth-order valence-electron chi connectivity index (χ4n) is 2.63. The third kappa shape index (κ3) is 2.94. The Labute approximate surface area is 120 Å². The van der Waals surface area contributed by atoms with Crippen molar-refractivity contribution in [3.05, 3.63) is 42.2 Å². The van der Waals surface area contributed by atoms with Crippen LogP contribution in [0.15, 0.2) is 36.7 Å². The van der Waals surface area contributed by atoms with Crippen LogP contribution in [0.25, 0.3) is 10.8 Å². The highest BCUT2D eigenvalue weighted by atomic mass is 35.5. The Morgan fingerprint density at radius 3 is 2.61 bits per heavy atom. The van der Waals surface area contributed by atoms with Gasteiger partial charge in [-0.25, -0.2) is 0 Å². The van der Waals surface area contributed by atoms with Crippen LogP contribution in [0, 0.1) is 0 Å². The molecule has 0 aliphatic carbocycles. The molecule has 4 heteroatoms. The zero-order chi connectivity index (χ0) is 10.8. The smallest absolute Gasteiger partial charge is 0.0349 e. The molecule has 0 atom stereocenters. The van der Waals surface area contributed by atoms with Crippen LogP contribution in [0.2, 0.25) is 0 Å². The second kappa shape index (κ2) is 6.93. The lowest BCUT2D eigenvalue weighted by Gasteiger charge is -2.24. The molecule has 98 valence electrons. The first-order valence-electron chi connectivity index (χ1n) is 5.98. The Bertz CT molecular complexity index is 491. The van der Waals surface area contributed by atoms with Crippen molar-refractivity contribution in [2.45, 2.75) is 18.8 Å². The van der Waals surface area contributed by atoms with E-state index >= 15 is 0 Å². The number of rotatable bonds is 1. The van der Waals surface area contributed by atoms with Crippen LogP contribution < -0.4 is 5.32 Å². The van der Waals surface area contributed by atoms with Gasteiger partial charge in [-0.2, -0.15) is 0 Å². The number of nitrogens with one attached hydrogen (secondary N) is 1. The van der Waals surface area contributed by atoms with Gasteiger partial charge in [0.25, 0.3) is 0 Å². The minimum absolute atomic E-state index is 0. The maximum atomic E-state index is 4.25. The van der Waals surface area contributed by atoms with E-state index in [1.807, 2.05) is 12.4 Å². The number of nitrogens with zero attached hydrogens (tertiary/aromatic N) is 1. The highest BCUT2D eigenvalue weighted by Crippen LogP contribution is 2.30. The van der Waals surface area contributed by atoms with Crippen molar-refractivity contribution in [3.8, 4) is 0 Å². The lowest BCUT2D eigenvalue weighted by atomic mass is 9.87. The van der Waals surface area contributed by atoms with E-state index in [4.69, 9.17) is 0 Å². The van der Waals surface area contributed by atoms with Crippen LogP contribution in [0.4, 0.5) is 0 Å². The summed E-state index contributed by atoms with van der Waals surface area (Å²) in [5.74, 6) is 0.703. The first-order valence-corrected chi connectivity index (χ1v) is 5.98. The zero-order valence-corrected chi connectivity index (χ0v) is 11.8. The molecule has 1 aliphatic heterocycles. The van der Waals surface area contributed by atoms with Crippen LogP contribution >= 0.6 is 24.8 Å². The van der Waals surface area contributed by atoms with E-state index in [0.717, 1.165) is 13.1 Å². The molecule has 2 heterocycles. The molecule has 2 nitrogen and oxygen atoms in total. The molecule has 3 rings (SSSR count). The van der Waals surface area contributed by atoms with Gasteiger partial charge in [-0.15, -0.1) is 24.8 Å². The number of halogens is 2. The molecule has 0 radical (unpaired) electrons. The normalized spacial score (nSPS) is 15.8. The second-order valence-corrected chi connectivity index (χ2v) is 4.47. The molecule has 18 heavy (non-hydrogen) atoms. The van der Waals surface area contributed by atoms with Gasteiger partial charge in [-0.1, -0.05) is 18.2 Å². The van der Waals surface area contributed by atoms with Crippen molar-refractivity contribution in [2.75, 3.05) is 13.1 Å². The molecule has 0 amide bonds. The third-order valence-corrected chi connectivity index (χ3v) is 3.50. The van der Waals surface area contributed by atoms with Gasteiger partial charge in [0.15, 0.2) is 0 Å². The third-order valence-electron chi connectivity index (χ3n) is 3.50. The molecule has 0 unspecified atom stereocenters. The lowest BCUT2D eigenvalue weighted by molar-refractivity contribution is 0.462. The SMILES string of the molecule is Cl.Cl.c1cc(C2CCNCC2)c2cnccc2c1. The minimum Gasteiger partial charge on any atom is -0.317 e. The van der Waals surface area contributed by atoms with Crippen molar-refractivity contribution >= 4 is 35.6 Å². The molecular formula is C14H18Cl2N2. The molecule has 2 aromatic rings. The quantitative estimate of drug-likeness (QED) is 0.866. The van der Waals surface area contributed by atoms with Gasteiger partial charge in [-0.3, -0.25) is 4.98 Å². The van der Waals surface area contributed by atoms with Crippen LogP contribution in [-0.4, -0.2) is 18.1 Å². The summed E-state index contributed by atoms with van der Waals surface area (Å²) in [4.78, 5) is 4.25. The zero-order valence-electron chi connectivity index (χ0n) is 10.1.